The number of carbonyl (C=O) groups is 2. The van der Waals surface area contributed by atoms with Crippen molar-refractivity contribution in [2.75, 3.05) is 0 Å². The Balaban J connectivity index is -0.0000000504. The van der Waals surface area contributed by atoms with E-state index in [1.165, 1.54) is 0 Å². The van der Waals surface area contributed by atoms with E-state index in [1.807, 2.05) is 0 Å². The van der Waals surface area contributed by atoms with Gasteiger partial charge < -0.3 is 46.1 Å². The monoisotopic (exact) mass is 272 g/mol. The van der Waals surface area contributed by atoms with Crippen LogP contribution in [0.15, 0.2) is 16.5 Å². The standard InChI is InChI=1S/C6H4O5.2Na.4H2O/c7-5(8)3-1-2-4(11-3)6(9)10;;;;;;/h1-2H,(H,7,8)(H,9,10);;;4*1H2/q;2*+1;;;;/p-2. The molecule has 1 rings (SSSR count). The maximum atomic E-state index is 10.0. The predicted molar refractivity (Wildman–Crippen MR) is 41.8 cm³/mol. The van der Waals surface area contributed by atoms with Gasteiger partial charge >= 0.3 is 59.1 Å². The van der Waals surface area contributed by atoms with Crippen molar-refractivity contribution < 1.29 is 105 Å². The summed E-state index contributed by atoms with van der Waals surface area (Å²) in [6, 6.07) is 1.97. The fraction of sp³-hybridized carbons (Fsp3) is 0. The zero-order valence-electron chi connectivity index (χ0n) is 9.20. The molecule has 0 aromatic carbocycles. The van der Waals surface area contributed by atoms with Crippen LogP contribution < -0.4 is 69.3 Å². The molecule has 0 aliphatic heterocycles. The summed E-state index contributed by atoms with van der Waals surface area (Å²) in [5, 5.41) is 20.0. The molecule has 0 fully saturated rings. The van der Waals surface area contributed by atoms with Gasteiger partial charge in [-0.05, 0) is 12.1 Å². The molecule has 1 aromatic heterocycles. The molecule has 1 heterocycles. The van der Waals surface area contributed by atoms with Gasteiger partial charge in [0.15, 0.2) is 0 Å². The van der Waals surface area contributed by atoms with Crippen molar-refractivity contribution in [2.45, 2.75) is 0 Å². The Hall–Kier alpha value is 0.0600. The largest absolute Gasteiger partial charge is 1.00 e. The molecule has 0 aliphatic rings. The molecule has 0 unspecified atom stereocenters. The number of furan rings is 1. The zero-order chi connectivity index (χ0) is 8.43. The molecule has 0 radical (unpaired) electrons. The van der Waals surface area contributed by atoms with Gasteiger partial charge in [0.2, 0.25) is 0 Å². The van der Waals surface area contributed by atoms with Gasteiger partial charge in [0.05, 0.1) is 0 Å². The van der Waals surface area contributed by atoms with Gasteiger partial charge in [-0.2, -0.15) is 0 Å². The van der Waals surface area contributed by atoms with E-state index in [4.69, 9.17) is 0 Å². The number of carbonyl (C=O) groups excluding carboxylic acids is 2. The molecule has 0 aliphatic carbocycles. The molecule has 0 saturated carbocycles. The van der Waals surface area contributed by atoms with E-state index in [-0.39, 0.29) is 81.0 Å². The van der Waals surface area contributed by atoms with Crippen LogP contribution in [-0.4, -0.2) is 33.8 Å². The van der Waals surface area contributed by atoms with Gasteiger partial charge in [0.1, 0.15) is 23.5 Å². The van der Waals surface area contributed by atoms with E-state index in [9.17, 15) is 19.8 Å². The van der Waals surface area contributed by atoms with Crippen molar-refractivity contribution in [1.29, 1.82) is 0 Å². The van der Waals surface area contributed by atoms with Crippen molar-refractivity contribution in [3.8, 4) is 0 Å². The summed E-state index contributed by atoms with van der Waals surface area (Å²) >= 11 is 0. The third-order valence-electron chi connectivity index (χ3n) is 1.01. The average Bonchev–Trinajstić information content (AvgIpc) is 2.33. The summed E-state index contributed by atoms with van der Waals surface area (Å²) in [4.78, 5) is 20.0. The van der Waals surface area contributed by atoms with Crippen LogP contribution in [0.2, 0.25) is 0 Å². The van der Waals surface area contributed by atoms with E-state index in [1.54, 1.807) is 0 Å². The van der Waals surface area contributed by atoms with Crippen molar-refractivity contribution in [2.24, 2.45) is 0 Å². The first kappa shape index (κ1) is 36.0. The maximum Gasteiger partial charge on any atom is 1.00 e. The second-order valence-electron chi connectivity index (χ2n) is 1.74. The van der Waals surface area contributed by atoms with Crippen LogP contribution in [0, 0.1) is 0 Å². The number of hydrogen-bond donors (Lipinski definition) is 0. The number of carboxylic acids is 2. The molecule has 0 saturated heterocycles. The molecule has 0 bridgehead atoms. The number of carboxylic acid groups (broad SMARTS) is 2. The smallest absolute Gasteiger partial charge is 0.542 e. The van der Waals surface area contributed by atoms with Crippen LogP contribution in [0.25, 0.3) is 0 Å². The molecule has 90 valence electrons. The third kappa shape index (κ3) is 10.9. The number of rotatable bonds is 2. The quantitative estimate of drug-likeness (QED) is 0.477. The Kier molecular flexibility index (Phi) is 34.0. The van der Waals surface area contributed by atoms with Gasteiger partial charge in [-0.15, -0.1) is 0 Å². The summed E-state index contributed by atoms with van der Waals surface area (Å²) in [6.45, 7) is 0. The fourth-order valence-corrected chi connectivity index (χ4v) is 0.557. The van der Waals surface area contributed by atoms with E-state index in [2.05, 4.69) is 4.42 Å². The fourth-order valence-electron chi connectivity index (χ4n) is 0.557. The molecular formula is C6H10Na2O9. The van der Waals surface area contributed by atoms with Gasteiger partial charge in [0, 0.05) is 0 Å². The average molecular weight is 272 g/mol. The summed E-state index contributed by atoms with van der Waals surface area (Å²) in [6.07, 6.45) is 0. The minimum atomic E-state index is -1.56. The van der Waals surface area contributed by atoms with Gasteiger partial charge in [-0.1, -0.05) is 0 Å². The molecule has 0 spiro atoms. The minimum absolute atomic E-state index is 0. The normalized spacial score (nSPS) is 6.12. The van der Waals surface area contributed by atoms with Crippen molar-refractivity contribution in [3.05, 3.63) is 23.7 Å². The van der Waals surface area contributed by atoms with E-state index in [0.717, 1.165) is 12.1 Å². The molecule has 0 atom stereocenters. The van der Waals surface area contributed by atoms with Crippen molar-refractivity contribution in [1.82, 2.24) is 0 Å². The second-order valence-corrected chi connectivity index (χ2v) is 1.74. The SMILES string of the molecule is O.O.O.O.O=C([O-])c1ccc(C(=O)[O-])o1.[Na+].[Na+]. The topological polar surface area (TPSA) is 219 Å². The summed E-state index contributed by atoms with van der Waals surface area (Å²) in [5.41, 5.74) is 0. The molecular weight excluding hydrogens is 262 g/mol. The summed E-state index contributed by atoms with van der Waals surface area (Å²) < 4.78 is 4.28. The van der Waals surface area contributed by atoms with Crippen LogP contribution in [-0.2, 0) is 0 Å². The van der Waals surface area contributed by atoms with Crippen molar-refractivity contribution >= 4 is 11.9 Å². The van der Waals surface area contributed by atoms with Crippen molar-refractivity contribution in [3.63, 3.8) is 0 Å². The Bertz CT molecular complexity index is 282. The van der Waals surface area contributed by atoms with Crippen LogP contribution in [0.3, 0.4) is 0 Å². The van der Waals surface area contributed by atoms with Crippen LogP contribution in [0.5, 0.6) is 0 Å². The first-order chi connectivity index (χ1) is 5.11. The van der Waals surface area contributed by atoms with Gasteiger partial charge in [-0.3, -0.25) is 0 Å². The minimum Gasteiger partial charge on any atom is -0.542 e. The first-order valence-corrected chi connectivity index (χ1v) is 2.64. The summed E-state index contributed by atoms with van der Waals surface area (Å²) in [5.74, 6) is -4.16. The Morgan fingerprint density at radius 1 is 0.824 bits per heavy atom. The van der Waals surface area contributed by atoms with E-state index < -0.39 is 23.5 Å². The molecule has 9 nitrogen and oxygen atoms in total. The van der Waals surface area contributed by atoms with Gasteiger partial charge in [0.25, 0.3) is 0 Å². The Labute approximate surface area is 140 Å². The Morgan fingerprint density at radius 2 is 1.06 bits per heavy atom. The van der Waals surface area contributed by atoms with E-state index >= 15 is 0 Å². The molecule has 1 aromatic rings. The molecule has 17 heavy (non-hydrogen) atoms. The Morgan fingerprint density at radius 3 is 1.18 bits per heavy atom. The molecule has 8 N–H and O–H groups in total. The zero-order valence-corrected chi connectivity index (χ0v) is 13.2. The third-order valence-corrected chi connectivity index (χ3v) is 1.01. The first-order valence-electron chi connectivity index (χ1n) is 2.64. The summed E-state index contributed by atoms with van der Waals surface area (Å²) in [7, 11) is 0. The molecule has 11 heteroatoms. The maximum absolute atomic E-state index is 10.0. The van der Waals surface area contributed by atoms with Gasteiger partial charge in [-0.25, -0.2) is 0 Å². The number of aromatic carboxylic acids is 2. The van der Waals surface area contributed by atoms with Crippen LogP contribution in [0.1, 0.15) is 21.1 Å². The molecule has 0 amide bonds. The predicted octanol–water partition coefficient (Wildman–Crippen LogP) is -11.3. The second kappa shape index (κ2) is 16.1. The van der Waals surface area contributed by atoms with E-state index in [0.29, 0.717) is 0 Å². The van der Waals surface area contributed by atoms with Crippen LogP contribution >= 0.6 is 0 Å². The number of hydrogen-bond acceptors (Lipinski definition) is 5. The van der Waals surface area contributed by atoms with Crippen LogP contribution in [0.4, 0.5) is 0 Å².